The number of pyridine rings is 1. The molecule has 0 saturated carbocycles. The Balaban J connectivity index is 1.87. The molecule has 0 fully saturated rings. The first-order valence-corrected chi connectivity index (χ1v) is 9.42. The molecule has 11 heteroatoms. The zero-order chi connectivity index (χ0) is 21.0. The van der Waals surface area contributed by atoms with Crippen molar-refractivity contribution in [2.45, 2.75) is 39.4 Å². The molecule has 3 heterocycles. The van der Waals surface area contributed by atoms with Crippen LogP contribution >= 0.6 is 11.6 Å². The van der Waals surface area contributed by atoms with Crippen LogP contribution in [-0.4, -0.2) is 44.1 Å². The average molecular weight is 429 g/mol. The number of halogens is 4. The topological polar surface area (TPSA) is 77.8 Å². The second-order valence-corrected chi connectivity index (χ2v) is 6.67. The molecule has 0 spiro atoms. The number of rotatable bonds is 8. The van der Waals surface area contributed by atoms with Gasteiger partial charge in [-0.05, 0) is 37.1 Å². The first kappa shape index (κ1) is 21.3. The zero-order valence-electron chi connectivity index (χ0n) is 15.9. The van der Waals surface area contributed by atoms with Crippen molar-refractivity contribution in [2.24, 2.45) is 0 Å². The molecule has 29 heavy (non-hydrogen) atoms. The minimum Gasteiger partial charge on any atom is -0.379 e. The minimum absolute atomic E-state index is 0.0586. The van der Waals surface area contributed by atoms with E-state index < -0.39 is 19.2 Å². The van der Waals surface area contributed by atoms with Crippen molar-refractivity contribution in [1.82, 2.24) is 24.7 Å². The second kappa shape index (κ2) is 8.91. The Morgan fingerprint density at radius 3 is 2.66 bits per heavy atom. The summed E-state index contributed by atoms with van der Waals surface area (Å²) in [5.74, 6) is 0.994. The van der Waals surface area contributed by atoms with E-state index in [9.17, 15) is 13.2 Å². The normalized spacial score (nSPS) is 11.9. The van der Waals surface area contributed by atoms with Crippen molar-refractivity contribution in [2.75, 3.05) is 18.5 Å². The van der Waals surface area contributed by atoms with Gasteiger partial charge in [-0.25, -0.2) is 9.97 Å². The van der Waals surface area contributed by atoms with Gasteiger partial charge in [0, 0.05) is 5.69 Å². The fourth-order valence-electron chi connectivity index (χ4n) is 2.78. The highest BCUT2D eigenvalue weighted by Crippen LogP contribution is 2.27. The number of aromatic nitrogens is 5. The van der Waals surface area contributed by atoms with Gasteiger partial charge in [0.1, 0.15) is 16.9 Å². The summed E-state index contributed by atoms with van der Waals surface area (Å²) in [6, 6.07) is 5.51. The molecule has 7 nitrogen and oxygen atoms in total. The quantitative estimate of drug-likeness (QED) is 0.421. The van der Waals surface area contributed by atoms with Gasteiger partial charge in [-0.1, -0.05) is 13.0 Å². The summed E-state index contributed by atoms with van der Waals surface area (Å²) in [4.78, 5) is 12.9. The third-order valence-corrected chi connectivity index (χ3v) is 4.25. The lowest BCUT2D eigenvalue weighted by atomic mass is 10.3. The molecule has 0 aliphatic carbocycles. The zero-order valence-corrected chi connectivity index (χ0v) is 16.7. The van der Waals surface area contributed by atoms with Gasteiger partial charge in [-0.3, -0.25) is 4.68 Å². The van der Waals surface area contributed by atoms with Crippen LogP contribution in [0.1, 0.15) is 24.7 Å². The summed E-state index contributed by atoms with van der Waals surface area (Å²) >= 11 is 6.10. The maximum absolute atomic E-state index is 12.2. The van der Waals surface area contributed by atoms with Gasteiger partial charge in [-0.15, -0.1) is 0 Å². The molecule has 1 N–H and O–H groups in total. The Bertz CT molecular complexity index is 992. The van der Waals surface area contributed by atoms with Crippen LogP contribution in [-0.2, 0) is 17.7 Å². The number of anilines is 2. The largest absolute Gasteiger partial charge is 0.391 e. The molecule has 156 valence electrons. The Labute approximate surface area is 170 Å². The van der Waals surface area contributed by atoms with E-state index in [0.29, 0.717) is 34.8 Å². The van der Waals surface area contributed by atoms with Gasteiger partial charge in [0.2, 0.25) is 5.28 Å². The number of fused-ring (bicyclic) bond motifs is 1. The van der Waals surface area contributed by atoms with Crippen LogP contribution in [0.2, 0.25) is 5.28 Å². The van der Waals surface area contributed by atoms with E-state index in [1.54, 1.807) is 10.7 Å². The predicted molar refractivity (Wildman–Crippen MR) is 103 cm³/mol. The molecular formula is C18H20ClF3N6O. The molecule has 0 aliphatic rings. The minimum atomic E-state index is -4.24. The van der Waals surface area contributed by atoms with Gasteiger partial charge in [0.25, 0.3) is 0 Å². The van der Waals surface area contributed by atoms with Crippen LogP contribution in [0.15, 0.2) is 18.2 Å². The first-order chi connectivity index (χ1) is 13.8. The Morgan fingerprint density at radius 1 is 1.17 bits per heavy atom. The average Bonchev–Trinajstić information content (AvgIpc) is 2.98. The highest BCUT2D eigenvalue weighted by Gasteiger charge is 2.26. The molecule has 0 aromatic carbocycles. The third-order valence-electron chi connectivity index (χ3n) is 4.08. The molecule has 0 amide bonds. The van der Waals surface area contributed by atoms with Gasteiger partial charge < -0.3 is 10.1 Å². The van der Waals surface area contributed by atoms with E-state index in [1.807, 2.05) is 26.0 Å². The van der Waals surface area contributed by atoms with E-state index in [2.05, 4.69) is 25.4 Å². The van der Waals surface area contributed by atoms with Crippen molar-refractivity contribution in [1.29, 1.82) is 0 Å². The van der Waals surface area contributed by atoms with Crippen LogP contribution in [0.25, 0.3) is 11.0 Å². The van der Waals surface area contributed by atoms with Crippen molar-refractivity contribution in [3.8, 4) is 0 Å². The van der Waals surface area contributed by atoms with Crippen LogP contribution in [0.3, 0.4) is 0 Å². The second-order valence-electron chi connectivity index (χ2n) is 6.33. The van der Waals surface area contributed by atoms with Gasteiger partial charge in [-0.2, -0.15) is 23.3 Å². The number of aryl methyl sites for hydroxylation is 2. The van der Waals surface area contributed by atoms with Crippen LogP contribution in [0, 0.1) is 6.92 Å². The lowest BCUT2D eigenvalue weighted by Gasteiger charge is -2.10. The fourth-order valence-corrected chi connectivity index (χ4v) is 2.95. The highest BCUT2D eigenvalue weighted by atomic mass is 35.5. The molecule has 0 saturated heterocycles. The highest BCUT2D eigenvalue weighted by molar-refractivity contribution is 6.28. The Hall–Kier alpha value is -2.46. The van der Waals surface area contributed by atoms with Gasteiger partial charge in [0.05, 0.1) is 31.9 Å². The number of ether oxygens (including phenoxy) is 1. The standard InChI is InChI=1S/C18H20ClF3N6O/c1-3-12-14-15(28(27-12)8-10-29-9-7-18(20,21)22)16(26-17(19)25-14)24-13-6-4-5-11(2)23-13/h4-6H,3,7-10H2,1-2H3,(H,23,24,25,26). The van der Waals surface area contributed by atoms with Crippen LogP contribution in [0.4, 0.5) is 24.8 Å². The number of nitrogens with one attached hydrogen (secondary N) is 1. The van der Waals surface area contributed by atoms with Crippen molar-refractivity contribution in [3.05, 3.63) is 34.9 Å². The van der Waals surface area contributed by atoms with Crippen molar-refractivity contribution in [3.63, 3.8) is 0 Å². The molecule has 0 aliphatic heterocycles. The summed E-state index contributed by atoms with van der Waals surface area (Å²) in [6.07, 6.45) is -4.62. The summed E-state index contributed by atoms with van der Waals surface area (Å²) in [5.41, 5.74) is 2.71. The van der Waals surface area contributed by atoms with Crippen LogP contribution in [0.5, 0.6) is 0 Å². The first-order valence-electron chi connectivity index (χ1n) is 9.05. The molecule has 0 atom stereocenters. The number of alkyl halides is 3. The molecule has 3 aromatic rings. The van der Waals surface area contributed by atoms with E-state index >= 15 is 0 Å². The lowest BCUT2D eigenvalue weighted by molar-refractivity contribution is -0.145. The monoisotopic (exact) mass is 428 g/mol. The smallest absolute Gasteiger partial charge is 0.379 e. The molecule has 0 bridgehead atoms. The molecule has 0 unspecified atom stereocenters. The van der Waals surface area contributed by atoms with Gasteiger partial charge in [0.15, 0.2) is 5.82 Å². The Kier molecular flexibility index (Phi) is 6.53. The van der Waals surface area contributed by atoms with Gasteiger partial charge >= 0.3 is 6.18 Å². The molecule has 0 radical (unpaired) electrons. The molecular weight excluding hydrogens is 409 g/mol. The third kappa shape index (κ3) is 5.54. The van der Waals surface area contributed by atoms with E-state index in [4.69, 9.17) is 16.3 Å². The SMILES string of the molecule is CCc1nn(CCOCCC(F)(F)F)c2c(Nc3cccc(C)n3)nc(Cl)nc12. The lowest BCUT2D eigenvalue weighted by Crippen LogP contribution is -2.14. The van der Waals surface area contributed by atoms with E-state index in [0.717, 1.165) is 5.69 Å². The maximum Gasteiger partial charge on any atom is 0.391 e. The maximum atomic E-state index is 12.2. The summed E-state index contributed by atoms with van der Waals surface area (Å²) < 4.78 is 43.5. The molecule has 3 aromatic heterocycles. The number of nitrogens with zero attached hydrogens (tertiary/aromatic N) is 5. The van der Waals surface area contributed by atoms with Crippen LogP contribution < -0.4 is 5.32 Å². The summed E-state index contributed by atoms with van der Waals surface area (Å²) in [5, 5.41) is 7.70. The van der Waals surface area contributed by atoms with E-state index in [-0.39, 0.29) is 18.4 Å². The number of hydrogen-bond acceptors (Lipinski definition) is 6. The van der Waals surface area contributed by atoms with Crippen molar-refractivity contribution < 1.29 is 17.9 Å². The predicted octanol–water partition coefficient (Wildman–Crippen LogP) is 4.46. The van der Waals surface area contributed by atoms with E-state index in [1.165, 1.54) is 0 Å². The number of hydrogen-bond donors (Lipinski definition) is 1. The summed E-state index contributed by atoms with van der Waals surface area (Å²) in [7, 11) is 0. The Morgan fingerprint density at radius 2 is 1.97 bits per heavy atom. The fraction of sp³-hybridized carbons (Fsp3) is 0.444. The van der Waals surface area contributed by atoms with Crippen molar-refractivity contribution >= 4 is 34.3 Å². The molecule has 3 rings (SSSR count). The summed E-state index contributed by atoms with van der Waals surface area (Å²) in [6.45, 7) is 3.71.